The molecule has 0 radical (unpaired) electrons. The van der Waals surface area contributed by atoms with Crippen LogP contribution in [0.3, 0.4) is 0 Å². The monoisotopic (exact) mass is 290 g/mol. The minimum atomic E-state index is -0.222. The van der Waals surface area contributed by atoms with E-state index in [9.17, 15) is 9.59 Å². The van der Waals surface area contributed by atoms with Gasteiger partial charge in [0.25, 0.3) is 5.56 Å². The summed E-state index contributed by atoms with van der Waals surface area (Å²) >= 11 is 0. The summed E-state index contributed by atoms with van der Waals surface area (Å²) in [5.41, 5.74) is 7.43. The molecule has 2 aromatic rings. The van der Waals surface area contributed by atoms with Gasteiger partial charge < -0.3 is 20.8 Å². The average molecular weight is 290 g/mol. The molecule has 0 unspecified atom stereocenters. The van der Waals surface area contributed by atoms with Crippen LogP contribution in [-0.2, 0) is 9.53 Å². The molecule has 1 aromatic carbocycles. The van der Waals surface area contributed by atoms with Gasteiger partial charge >= 0.3 is 5.97 Å². The molecule has 1 aromatic heterocycles. The zero-order valence-electron chi connectivity index (χ0n) is 11.8. The van der Waals surface area contributed by atoms with E-state index in [0.29, 0.717) is 48.3 Å². The minimum absolute atomic E-state index is 0.209. The van der Waals surface area contributed by atoms with Crippen molar-refractivity contribution in [1.29, 1.82) is 0 Å². The van der Waals surface area contributed by atoms with Gasteiger partial charge in [-0.3, -0.25) is 9.59 Å². The van der Waals surface area contributed by atoms with Crippen molar-refractivity contribution in [2.45, 2.75) is 19.8 Å². The summed E-state index contributed by atoms with van der Waals surface area (Å²) in [6, 6.07) is 3.32. The number of hydrogen-bond donors (Lipinski definition) is 3. The Hall–Kier alpha value is -2.57. The maximum atomic E-state index is 11.6. The Morgan fingerprint density at radius 2 is 2.29 bits per heavy atom. The van der Waals surface area contributed by atoms with E-state index >= 15 is 0 Å². The number of rotatable bonds is 6. The van der Waals surface area contributed by atoms with Crippen molar-refractivity contribution >= 4 is 28.2 Å². The third-order valence-electron chi connectivity index (χ3n) is 2.99. The van der Waals surface area contributed by atoms with Gasteiger partial charge in [-0.2, -0.15) is 0 Å². The first-order valence-electron chi connectivity index (χ1n) is 6.78. The average Bonchev–Trinajstić information content (AvgIpc) is 2.45. The molecule has 0 aliphatic carbocycles. The van der Waals surface area contributed by atoms with Crippen molar-refractivity contribution in [3.63, 3.8) is 0 Å². The van der Waals surface area contributed by atoms with Gasteiger partial charge in [0.15, 0.2) is 0 Å². The summed E-state index contributed by atoms with van der Waals surface area (Å²) in [5, 5.41) is 3.59. The third-order valence-corrected chi connectivity index (χ3v) is 2.99. The number of nitrogens with zero attached hydrogens (tertiary/aromatic N) is 1. The fraction of sp³-hybridized carbons (Fsp3) is 0.357. The van der Waals surface area contributed by atoms with E-state index in [1.807, 2.05) is 0 Å². The van der Waals surface area contributed by atoms with Crippen LogP contribution in [-0.4, -0.2) is 29.1 Å². The molecule has 0 atom stereocenters. The zero-order valence-corrected chi connectivity index (χ0v) is 11.8. The summed E-state index contributed by atoms with van der Waals surface area (Å²) < 4.78 is 4.85. The Bertz CT molecular complexity index is 696. The van der Waals surface area contributed by atoms with Crippen LogP contribution in [0.15, 0.2) is 23.3 Å². The van der Waals surface area contributed by atoms with Gasteiger partial charge in [-0.05, 0) is 25.5 Å². The van der Waals surface area contributed by atoms with Crippen molar-refractivity contribution in [1.82, 2.24) is 9.97 Å². The number of aromatic amines is 1. The Balaban J connectivity index is 2.01. The molecule has 1 heterocycles. The normalized spacial score (nSPS) is 10.5. The van der Waals surface area contributed by atoms with Crippen LogP contribution in [0, 0.1) is 0 Å². The van der Waals surface area contributed by atoms with E-state index in [2.05, 4.69) is 15.3 Å². The van der Waals surface area contributed by atoms with Crippen molar-refractivity contribution < 1.29 is 9.53 Å². The lowest BCUT2D eigenvalue weighted by Gasteiger charge is -2.10. The number of anilines is 2. The summed E-state index contributed by atoms with van der Waals surface area (Å²) in [5.74, 6) is -0.209. The highest BCUT2D eigenvalue weighted by Crippen LogP contribution is 2.22. The van der Waals surface area contributed by atoms with Crippen LogP contribution in [0.4, 0.5) is 11.4 Å². The van der Waals surface area contributed by atoms with E-state index in [1.165, 1.54) is 6.33 Å². The number of H-pyrrole nitrogens is 1. The van der Waals surface area contributed by atoms with Crippen LogP contribution in [0.2, 0.25) is 0 Å². The minimum Gasteiger partial charge on any atom is -0.466 e. The fourth-order valence-electron chi connectivity index (χ4n) is 1.97. The molecule has 21 heavy (non-hydrogen) atoms. The third kappa shape index (κ3) is 3.71. The number of fused-ring (bicyclic) bond motifs is 1. The Morgan fingerprint density at radius 1 is 1.48 bits per heavy atom. The fourth-order valence-corrected chi connectivity index (χ4v) is 1.97. The number of nitrogens with two attached hydrogens (primary N) is 1. The predicted molar refractivity (Wildman–Crippen MR) is 81.1 cm³/mol. The first-order valence-corrected chi connectivity index (χ1v) is 6.78. The molecule has 7 heteroatoms. The van der Waals surface area contributed by atoms with Crippen molar-refractivity contribution in [2.24, 2.45) is 0 Å². The van der Waals surface area contributed by atoms with Crippen molar-refractivity contribution in [2.75, 3.05) is 24.2 Å². The molecule has 4 N–H and O–H groups in total. The molecule has 7 nitrogen and oxygen atoms in total. The molecule has 0 aliphatic rings. The quantitative estimate of drug-likeness (QED) is 0.420. The van der Waals surface area contributed by atoms with Gasteiger partial charge in [-0.25, -0.2) is 4.98 Å². The second kappa shape index (κ2) is 6.74. The number of carbonyl (C=O) groups is 1. The maximum absolute atomic E-state index is 11.6. The first kappa shape index (κ1) is 14.8. The molecule has 0 bridgehead atoms. The standard InChI is InChI=1S/C14H18N4O3/c1-2-21-13(19)4-3-5-16-12-7-11-9(6-10(12)15)14(20)18-8-17-11/h6-8,16H,2-5,15H2,1H3,(H,17,18,20). The lowest BCUT2D eigenvalue weighted by atomic mass is 10.2. The number of aromatic nitrogens is 2. The highest BCUT2D eigenvalue weighted by molar-refractivity contribution is 5.88. The van der Waals surface area contributed by atoms with E-state index in [1.54, 1.807) is 19.1 Å². The van der Waals surface area contributed by atoms with Gasteiger partial charge in [0.2, 0.25) is 0 Å². The topological polar surface area (TPSA) is 110 Å². The molecule has 0 saturated heterocycles. The van der Waals surface area contributed by atoms with Crippen LogP contribution in [0.5, 0.6) is 0 Å². The largest absolute Gasteiger partial charge is 0.466 e. The first-order chi connectivity index (χ1) is 10.1. The van der Waals surface area contributed by atoms with Crippen molar-refractivity contribution in [3.05, 3.63) is 28.8 Å². The summed E-state index contributed by atoms with van der Waals surface area (Å²) in [6.07, 6.45) is 2.34. The number of ether oxygens (including phenoxy) is 1. The molecule has 112 valence electrons. The van der Waals surface area contributed by atoms with Gasteiger partial charge in [0, 0.05) is 13.0 Å². The summed E-state index contributed by atoms with van der Waals surface area (Å²) in [7, 11) is 0. The van der Waals surface area contributed by atoms with Gasteiger partial charge in [-0.1, -0.05) is 0 Å². The van der Waals surface area contributed by atoms with E-state index in [4.69, 9.17) is 10.5 Å². The number of esters is 1. The number of nitrogen functional groups attached to an aromatic ring is 1. The van der Waals surface area contributed by atoms with Crippen LogP contribution >= 0.6 is 0 Å². The van der Waals surface area contributed by atoms with E-state index in [-0.39, 0.29) is 11.5 Å². The molecule has 0 saturated carbocycles. The molecule has 2 rings (SSSR count). The Labute approximate surface area is 121 Å². The van der Waals surface area contributed by atoms with Gasteiger partial charge in [0.05, 0.1) is 35.2 Å². The van der Waals surface area contributed by atoms with E-state index in [0.717, 1.165) is 0 Å². The van der Waals surface area contributed by atoms with E-state index < -0.39 is 0 Å². The second-order valence-corrected chi connectivity index (χ2v) is 4.52. The van der Waals surface area contributed by atoms with Crippen molar-refractivity contribution in [3.8, 4) is 0 Å². The van der Waals surface area contributed by atoms with Gasteiger partial charge in [-0.15, -0.1) is 0 Å². The number of carbonyl (C=O) groups excluding carboxylic acids is 1. The zero-order chi connectivity index (χ0) is 15.2. The van der Waals surface area contributed by atoms with Crippen LogP contribution < -0.4 is 16.6 Å². The summed E-state index contributed by atoms with van der Waals surface area (Å²) in [6.45, 7) is 2.75. The number of benzene rings is 1. The number of hydrogen-bond acceptors (Lipinski definition) is 6. The summed E-state index contributed by atoms with van der Waals surface area (Å²) in [4.78, 5) is 29.4. The smallest absolute Gasteiger partial charge is 0.305 e. The van der Waals surface area contributed by atoms with Gasteiger partial charge in [0.1, 0.15) is 0 Å². The molecular formula is C14H18N4O3. The maximum Gasteiger partial charge on any atom is 0.305 e. The molecule has 0 amide bonds. The highest BCUT2D eigenvalue weighted by atomic mass is 16.5. The molecule has 0 spiro atoms. The Morgan fingerprint density at radius 3 is 3.05 bits per heavy atom. The SMILES string of the molecule is CCOC(=O)CCCNc1cc2nc[nH]c(=O)c2cc1N. The molecule has 0 fully saturated rings. The van der Waals surface area contributed by atoms with Crippen LogP contribution in [0.1, 0.15) is 19.8 Å². The molecular weight excluding hydrogens is 272 g/mol. The lowest BCUT2D eigenvalue weighted by Crippen LogP contribution is -2.11. The molecule has 0 aliphatic heterocycles. The lowest BCUT2D eigenvalue weighted by molar-refractivity contribution is -0.143. The van der Waals surface area contributed by atoms with Crippen LogP contribution in [0.25, 0.3) is 10.9 Å². The number of nitrogens with one attached hydrogen (secondary N) is 2. The Kier molecular flexibility index (Phi) is 4.76. The predicted octanol–water partition coefficient (Wildman–Crippen LogP) is 1.26. The second-order valence-electron chi connectivity index (χ2n) is 4.52. The highest BCUT2D eigenvalue weighted by Gasteiger charge is 2.06.